The van der Waals surface area contributed by atoms with E-state index in [1.54, 1.807) is 0 Å². The smallest absolute Gasteiger partial charge is 0.233 e. The number of amides is 1. The summed E-state index contributed by atoms with van der Waals surface area (Å²) in [4.78, 5) is 15.2. The van der Waals surface area contributed by atoms with Crippen LogP contribution < -0.4 is 0 Å². The number of hydrogen-bond donors (Lipinski definition) is 0. The van der Waals surface area contributed by atoms with Crippen molar-refractivity contribution in [1.82, 2.24) is 4.90 Å². The summed E-state index contributed by atoms with van der Waals surface area (Å²) in [7, 11) is 0. The normalized spacial score (nSPS) is 19.9. The van der Waals surface area contributed by atoms with E-state index in [0.717, 1.165) is 45.2 Å². The quantitative estimate of drug-likeness (QED) is 0.827. The van der Waals surface area contributed by atoms with Gasteiger partial charge in [-0.3, -0.25) is 4.79 Å². The van der Waals surface area contributed by atoms with Crippen LogP contribution in [-0.4, -0.2) is 23.9 Å². The molecule has 2 nitrogen and oxygen atoms in total. The summed E-state index contributed by atoms with van der Waals surface area (Å²) in [5, 5.41) is 0. The molecule has 2 fully saturated rings. The van der Waals surface area contributed by atoms with Crippen LogP contribution in [0.25, 0.3) is 0 Å². The van der Waals surface area contributed by atoms with Crippen LogP contribution in [0.5, 0.6) is 0 Å². The highest BCUT2D eigenvalue weighted by atomic mass is 16.2. The van der Waals surface area contributed by atoms with Gasteiger partial charge in [-0.05, 0) is 49.1 Å². The number of benzene rings is 2. The highest BCUT2D eigenvalue weighted by molar-refractivity contribution is 5.91. The third-order valence-corrected chi connectivity index (χ3v) is 5.75. The van der Waals surface area contributed by atoms with Gasteiger partial charge in [0.15, 0.2) is 0 Å². The van der Waals surface area contributed by atoms with Gasteiger partial charge in [0.05, 0.1) is 5.41 Å². The maximum absolute atomic E-state index is 13.1. The van der Waals surface area contributed by atoms with Gasteiger partial charge in [0.1, 0.15) is 0 Å². The van der Waals surface area contributed by atoms with Gasteiger partial charge in [0.2, 0.25) is 5.91 Å². The number of hydrogen-bond acceptors (Lipinski definition) is 1. The van der Waals surface area contributed by atoms with Crippen molar-refractivity contribution in [1.29, 1.82) is 0 Å². The molecule has 1 heterocycles. The average molecular weight is 319 g/mol. The van der Waals surface area contributed by atoms with E-state index >= 15 is 0 Å². The van der Waals surface area contributed by atoms with E-state index in [9.17, 15) is 4.79 Å². The van der Waals surface area contributed by atoms with Gasteiger partial charge in [-0.25, -0.2) is 0 Å². The molecule has 124 valence electrons. The fraction of sp³-hybridized carbons (Fsp3) is 0.409. The van der Waals surface area contributed by atoms with E-state index in [0.29, 0.717) is 11.8 Å². The Morgan fingerprint density at radius 2 is 1.50 bits per heavy atom. The Labute approximate surface area is 144 Å². The predicted molar refractivity (Wildman–Crippen MR) is 96.8 cm³/mol. The zero-order chi connectivity index (χ0) is 16.4. The van der Waals surface area contributed by atoms with Crippen LogP contribution in [-0.2, 0) is 16.6 Å². The third-order valence-electron chi connectivity index (χ3n) is 5.75. The van der Waals surface area contributed by atoms with Gasteiger partial charge in [-0.1, -0.05) is 60.7 Å². The molecule has 0 bridgehead atoms. The maximum Gasteiger partial charge on any atom is 0.233 e. The SMILES string of the molecule is O=C(N1CCC(Cc2ccccc2)CC1)C1(c2ccccc2)CC1. The molecule has 1 saturated heterocycles. The van der Waals surface area contributed by atoms with Gasteiger partial charge in [0, 0.05) is 13.1 Å². The molecular formula is C22H25NO. The van der Waals surface area contributed by atoms with Gasteiger partial charge in [0.25, 0.3) is 0 Å². The molecule has 2 aliphatic rings. The first-order valence-corrected chi connectivity index (χ1v) is 9.17. The van der Waals surface area contributed by atoms with E-state index in [-0.39, 0.29) is 5.41 Å². The van der Waals surface area contributed by atoms with Gasteiger partial charge >= 0.3 is 0 Å². The molecule has 0 unspecified atom stereocenters. The first kappa shape index (κ1) is 15.4. The van der Waals surface area contributed by atoms with E-state index in [1.165, 1.54) is 11.1 Å². The van der Waals surface area contributed by atoms with Crippen LogP contribution in [0.3, 0.4) is 0 Å². The molecule has 0 N–H and O–H groups in total. The molecule has 2 heteroatoms. The third kappa shape index (κ3) is 2.98. The largest absolute Gasteiger partial charge is 0.342 e. The molecule has 0 atom stereocenters. The van der Waals surface area contributed by atoms with Gasteiger partial charge < -0.3 is 4.90 Å². The van der Waals surface area contributed by atoms with Crippen molar-refractivity contribution in [3.8, 4) is 0 Å². The molecule has 0 spiro atoms. The van der Waals surface area contributed by atoms with Gasteiger partial charge in [-0.2, -0.15) is 0 Å². The summed E-state index contributed by atoms with van der Waals surface area (Å²) in [6.45, 7) is 1.84. The Kier molecular flexibility index (Phi) is 4.13. The summed E-state index contributed by atoms with van der Waals surface area (Å²) in [6.07, 6.45) is 5.43. The minimum atomic E-state index is -0.201. The number of rotatable bonds is 4. The van der Waals surface area contributed by atoms with Crippen LogP contribution in [0.2, 0.25) is 0 Å². The van der Waals surface area contributed by atoms with E-state index in [4.69, 9.17) is 0 Å². The summed E-state index contributed by atoms with van der Waals surface area (Å²) < 4.78 is 0. The summed E-state index contributed by atoms with van der Waals surface area (Å²) >= 11 is 0. The molecule has 2 aromatic rings. The molecule has 24 heavy (non-hydrogen) atoms. The lowest BCUT2D eigenvalue weighted by Gasteiger charge is -2.34. The second-order valence-corrected chi connectivity index (χ2v) is 7.37. The monoisotopic (exact) mass is 319 g/mol. The number of nitrogens with zero attached hydrogens (tertiary/aromatic N) is 1. The molecule has 2 aromatic carbocycles. The molecule has 1 amide bonds. The maximum atomic E-state index is 13.1. The second-order valence-electron chi connectivity index (χ2n) is 7.37. The lowest BCUT2D eigenvalue weighted by Crippen LogP contribution is -2.44. The zero-order valence-electron chi connectivity index (χ0n) is 14.2. The minimum Gasteiger partial charge on any atom is -0.342 e. The molecule has 4 rings (SSSR count). The zero-order valence-corrected chi connectivity index (χ0v) is 14.2. The van der Waals surface area contributed by atoms with Crippen molar-refractivity contribution in [2.75, 3.05) is 13.1 Å². The number of likely N-dealkylation sites (tertiary alicyclic amines) is 1. The lowest BCUT2D eigenvalue weighted by molar-refractivity contribution is -0.135. The molecule has 1 saturated carbocycles. The van der Waals surface area contributed by atoms with E-state index in [1.807, 2.05) is 6.07 Å². The van der Waals surface area contributed by atoms with Crippen molar-refractivity contribution in [2.45, 2.75) is 37.5 Å². The van der Waals surface area contributed by atoms with Crippen molar-refractivity contribution in [2.24, 2.45) is 5.92 Å². The van der Waals surface area contributed by atoms with Crippen LogP contribution in [0.4, 0.5) is 0 Å². The van der Waals surface area contributed by atoms with E-state index < -0.39 is 0 Å². The fourth-order valence-electron chi connectivity index (χ4n) is 4.10. The summed E-state index contributed by atoms with van der Waals surface area (Å²) in [5.74, 6) is 1.08. The Bertz CT molecular complexity index is 682. The Morgan fingerprint density at radius 3 is 2.08 bits per heavy atom. The Morgan fingerprint density at radius 1 is 0.917 bits per heavy atom. The molecule has 0 aromatic heterocycles. The predicted octanol–water partition coefficient (Wildman–Crippen LogP) is 4.20. The molecular weight excluding hydrogens is 294 g/mol. The molecule has 1 aliphatic carbocycles. The first-order valence-electron chi connectivity index (χ1n) is 9.17. The Hall–Kier alpha value is -2.09. The average Bonchev–Trinajstić information content (AvgIpc) is 3.45. The fourth-order valence-corrected chi connectivity index (χ4v) is 4.10. The number of carbonyl (C=O) groups excluding carboxylic acids is 1. The first-order chi connectivity index (χ1) is 11.8. The van der Waals surface area contributed by atoms with Crippen LogP contribution >= 0.6 is 0 Å². The second kappa shape index (κ2) is 6.43. The van der Waals surface area contributed by atoms with Crippen LogP contribution in [0.15, 0.2) is 60.7 Å². The Balaban J connectivity index is 1.37. The van der Waals surface area contributed by atoms with E-state index in [2.05, 4.69) is 59.5 Å². The van der Waals surface area contributed by atoms with Crippen LogP contribution in [0.1, 0.15) is 36.8 Å². The summed E-state index contributed by atoms with van der Waals surface area (Å²) in [6, 6.07) is 21.1. The molecule has 1 aliphatic heterocycles. The lowest BCUT2D eigenvalue weighted by atomic mass is 9.88. The minimum absolute atomic E-state index is 0.201. The van der Waals surface area contributed by atoms with Crippen molar-refractivity contribution in [3.63, 3.8) is 0 Å². The van der Waals surface area contributed by atoms with Gasteiger partial charge in [-0.15, -0.1) is 0 Å². The highest BCUT2D eigenvalue weighted by Crippen LogP contribution is 2.49. The highest BCUT2D eigenvalue weighted by Gasteiger charge is 2.53. The van der Waals surface area contributed by atoms with Crippen molar-refractivity contribution >= 4 is 5.91 Å². The summed E-state index contributed by atoms with van der Waals surface area (Å²) in [5.41, 5.74) is 2.43. The van der Waals surface area contributed by atoms with Crippen molar-refractivity contribution < 1.29 is 4.79 Å². The topological polar surface area (TPSA) is 20.3 Å². The number of piperidine rings is 1. The molecule has 0 radical (unpaired) electrons. The van der Waals surface area contributed by atoms with Crippen molar-refractivity contribution in [3.05, 3.63) is 71.8 Å². The van der Waals surface area contributed by atoms with Crippen LogP contribution in [0, 0.1) is 5.92 Å². The standard InChI is InChI=1S/C22H25NO/c24-21(22(13-14-22)20-9-5-2-6-10-20)23-15-11-19(12-16-23)17-18-7-3-1-4-8-18/h1-10,19H,11-17H2. The number of carbonyl (C=O) groups is 1.